The first-order chi connectivity index (χ1) is 7.89. The van der Waals surface area contributed by atoms with E-state index in [9.17, 15) is 13.2 Å². The number of rotatable bonds is 3. The summed E-state index contributed by atoms with van der Waals surface area (Å²) in [6.07, 6.45) is -3.72. The van der Waals surface area contributed by atoms with Gasteiger partial charge in [-0.05, 0) is 12.5 Å². The summed E-state index contributed by atoms with van der Waals surface area (Å²) in [6, 6.07) is 1.85. The third kappa shape index (κ3) is 3.24. The van der Waals surface area contributed by atoms with Gasteiger partial charge in [-0.2, -0.15) is 5.26 Å². The van der Waals surface area contributed by atoms with Crippen molar-refractivity contribution in [3.63, 3.8) is 0 Å². The number of methoxy groups -OCH3 is 1. The average molecular weight is 246 g/mol. The van der Waals surface area contributed by atoms with E-state index in [2.05, 4.69) is 9.72 Å². The van der Waals surface area contributed by atoms with E-state index in [1.165, 1.54) is 13.3 Å². The zero-order valence-corrected chi connectivity index (χ0v) is 9.13. The molecule has 1 aromatic rings. The van der Waals surface area contributed by atoms with Gasteiger partial charge < -0.3 is 9.47 Å². The molecule has 0 aliphatic rings. The fraction of sp³-hybridized carbons (Fsp3) is 0.400. The van der Waals surface area contributed by atoms with E-state index in [-0.39, 0.29) is 12.2 Å². The monoisotopic (exact) mass is 246 g/mol. The smallest absolute Gasteiger partial charge is 0.491 e. The van der Waals surface area contributed by atoms with E-state index in [1.54, 1.807) is 6.92 Å². The topological polar surface area (TPSA) is 55.1 Å². The van der Waals surface area contributed by atoms with Crippen LogP contribution in [0.1, 0.15) is 11.1 Å². The molecule has 0 unspecified atom stereocenters. The minimum Gasteiger partial charge on any atom is -0.491 e. The lowest BCUT2D eigenvalue weighted by Gasteiger charge is -2.14. The third-order valence-corrected chi connectivity index (χ3v) is 1.99. The Morgan fingerprint density at radius 3 is 2.59 bits per heavy atom. The second-order valence-corrected chi connectivity index (χ2v) is 3.14. The highest BCUT2D eigenvalue weighted by atomic mass is 19.4. The van der Waals surface area contributed by atoms with E-state index >= 15 is 0 Å². The summed E-state index contributed by atoms with van der Waals surface area (Å²) in [5.74, 6) is -0.847. The lowest BCUT2D eigenvalue weighted by atomic mass is 10.1. The SMILES string of the molecule is COc1c(OC(F)(F)F)ncc(C)c1CC#N. The Kier molecular flexibility index (Phi) is 3.78. The number of alkyl halides is 3. The molecular weight excluding hydrogens is 237 g/mol. The molecule has 0 saturated carbocycles. The summed E-state index contributed by atoms with van der Waals surface area (Å²) in [4.78, 5) is 3.50. The maximum Gasteiger partial charge on any atom is 0.574 e. The maximum atomic E-state index is 12.1. The highest BCUT2D eigenvalue weighted by Crippen LogP contribution is 2.34. The van der Waals surface area contributed by atoms with Gasteiger partial charge in [0.15, 0.2) is 5.75 Å². The standard InChI is InChI=1S/C10H9F3N2O2/c1-6-5-15-9(17-10(11,12)13)8(16-2)7(6)3-4-14/h5H,3H2,1-2H3. The number of aryl methyl sites for hydroxylation is 1. The molecule has 0 atom stereocenters. The van der Waals surface area contributed by atoms with E-state index < -0.39 is 12.2 Å². The van der Waals surface area contributed by atoms with Gasteiger partial charge in [-0.3, -0.25) is 0 Å². The molecule has 1 rings (SSSR count). The predicted octanol–water partition coefficient (Wildman–Crippen LogP) is 2.36. The number of hydrogen-bond donors (Lipinski definition) is 0. The molecule has 0 aromatic carbocycles. The van der Waals surface area contributed by atoms with Crippen LogP contribution < -0.4 is 9.47 Å². The van der Waals surface area contributed by atoms with E-state index in [0.29, 0.717) is 11.1 Å². The molecular formula is C10H9F3N2O2. The molecule has 1 heterocycles. The van der Waals surface area contributed by atoms with Crippen molar-refractivity contribution in [2.45, 2.75) is 19.7 Å². The first-order valence-electron chi connectivity index (χ1n) is 4.54. The van der Waals surface area contributed by atoms with Crippen LogP contribution in [0, 0.1) is 18.3 Å². The lowest BCUT2D eigenvalue weighted by Crippen LogP contribution is -2.19. The summed E-state index contributed by atoms with van der Waals surface area (Å²) in [6.45, 7) is 1.62. The summed E-state index contributed by atoms with van der Waals surface area (Å²) in [5, 5.41) is 8.60. The normalized spacial score (nSPS) is 10.8. The summed E-state index contributed by atoms with van der Waals surface area (Å²) < 4.78 is 44.8. The van der Waals surface area contributed by atoms with Gasteiger partial charge in [0.25, 0.3) is 5.88 Å². The number of nitrogens with zero attached hydrogens (tertiary/aromatic N) is 2. The Morgan fingerprint density at radius 2 is 2.12 bits per heavy atom. The van der Waals surface area contributed by atoms with Crippen LogP contribution in [0.25, 0.3) is 0 Å². The number of pyridine rings is 1. The first-order valence-corrected chi connectivity index (χ1v) is 4.54. The van der Waals surface area contributed by atoms with Gasteiger partial charge in [-0.15, -0.1) is 13.2 Å². The number of halogens is 3. The van der Waals surface area contributed by atoms with Crippen LogP contribution in [0.4, 0.5) is 13.2 Å². The largest absolute Gasteiger partial charge is 0.574 e. The molecule has 7 heteroatoms. The highest BCUT2D eigenvalue weighted by Gasteiger charge is 2.34. The Balaban J connectivity index is 3.24. The van der Waals surface area contributed by atoms with Crippen LogP contribution in [0.5, 0.6) is 11.6 Å². The second-order valence-electron chi connectivity index (χ2n) is 3.14. The first kappa shape index (κ1) is 13.1. The maximum absolute atomic E-state index is 12.1. The van der Waals surface area contributed by atoms with Crippen molar-refractivity contribution in [1.82, 2.24) is 4.98 Å². The summed E-state index contributed by atoms with van der Waals surface area (Å²) in [5.41, 5.74) is 0.905. The number of hydrogen-bond acceptors (Lipinski definition) is 4. The Morgan fingerprint density at radius 1 is 1.47 bits per heavy atom. The van der Waals surface area contributed by atoms with Gasteiger partial charge in [0.2, 0.25) is 0 Å². The van der Waals surface area contributed by atoms with Crippen molar-refractivity contribution in [3.05, 3.63) is 17.3 Å². The Labute approximate surface area is 95.6 Å². The molecule has 0 bridgehead atoms. The van der Waals surface area contributed by atoms with Crippen LogP contribution in [-0.4, -0.2) is 18.5 Å². The lowest BCUT2D eigenvalue weighted by molar-refractivity contribution is -0.276. The Hall–Kier alpha value is -1.97. The summed E-state index contributed by atoms with van der Waals surface area (Å²) in [7, 11) is 1.20. The molecule has 0 fully saturated rings. The van der Waals surface area contributed by atoms with Crippen LogP contribution in [-0.2, 0) is 6.42 Å². The fourth-order valence-corrected chi connectivity index (χ4v) is 1.29. The van der Waals surface area contributed by atoms with Gasteiger partial charge >= 0.3 is 6.36 Å². The van der Waals surface area contributed by atoms with Crippen molar-refractivity contribution in [2.24, 2.45) is 0 Å². The van der Waals surface area contributed by atoms with Crippen molar-refractivity contribution in [2.75, 3.05) is 7.11 Å². The average Bonchev–Trinajstić information content (AvgIpc) is 2.21. The number of ether oxygens (including phenoxy) is 2. The van der Waals surface area contributed by atoms with Crippen molar-refractivity contribution >= 4 is 0 Å². The van der Waals surface area contributed by atoms with Crippen LogP contribution in [0.15, 0.2) is 6.20 Å². The van der Waals surface area contributed by atoms with E-state index in [1.807, 2.05) is 6.07 Å². The Bertz CT molecular complexity index is 452. The van der Waals surface area contributed by atoms with Gasteiger partial charge in [0, 0.05) is 11.8 Å². The van der Waals surface area contributed by atoms with Gasteiger partial charge in [-0.25, -0.2) is 4.98 Å². The van der Waals surface area contributed by atoms with Gasteiger partial charge in [0.05, 0.1) is 19.6 Å². The molecule has 92 valence electrons. The zero-order chi connectivity index (χ0) is 13.1. The molecule has 0 saturated heterocycles. The molecule has 0 spiro atoms. The molecule has 4 nitrogen and oxygen atoms in total. The van der Waals surface area contributed by atoms with Crippen molar-refractivity contribution in [3.8, 4) is 17.7 Å². The quantitative estimate of drug-likeness (QED) is 0.821. The molecule has 0 aliphatic heterocycles. The molecule has 0 radical (unpaired) electrons. The summed E-state index contributed by atoms with van der Waals surface area (Å²) >= 11 is 0. The molecule has 0 aliphatic carbocycles. The molecule has 0 amide bonds. The minimum absolute atomic E-state index is 0.0776. The van der Waals surface area contributed by atoms with Crippen LogP contribution in [0.3, 0.4) is 0 Å². The highest BCUT2D eigenvalue weighted by molar-refractivity contribution is 5.46. The van der Waals surface area contributed by atoms with Crippen LogP contribution in [0.2, 0.25) is 0 Å². The molecule has 17 heavy (non-hydrogen) atoms. The van der Waals surface area contributed by atoms with Gasteiger partial charge in [-0.1, -0.05) is 0 Å². The molecule has 0 N–H and O–H groups in total. The van der Waals surface area contributed by atoms with Crippen molar-refractivity contribution in [1.29, 1.82) is 5.26 Å². The van der Waals surface area contributed by atoms with E-state index in [4.69, 9.17) is 10.00 Å². The predicted molar refractivity (Wildman–Crippen MR) is 51.5 cm³/mol. The minimum atomic E-state index is -4.85. The van der Waals surface area contributed by atoms with Gasteiger partial charge in [0.1, 0.15) is 0 Å². The molecule has 1 aromatic heterocycles. The number of nitriles is 1. The van der Waals surface area contributed by atoms with Crippen molar-refractivity contribution < 1.29 is 22.6 Å². The second kappa shape index (κ2) is 4.91. The third-order valence-electron chi connectivity index (χ3n) is 1.99. The fourth-order valence-electron chi connectivity index (χ4n) is 1.29. The van der Waals surface area contributed by atoms with Crippen LogP contribution >= 0.6 is 0 Å². The number of aromatic nitrogens is 1. The zero-order valence-electron chi connectivity index (χ0n) is 9.13. The van der Waals surface area contributed by atoms with E-state index in [0.717, 1.165) is 0 Å².